The van der Waals surface area contributed by atoms with Crippen LogP contribution >= 0.6 is 0 Å². The van der Waals surface area contributed by atoms with Crippen molar-refractivity contribution >= 4 is 39.1 Å². The fraction of sp³-hybridized carbons (Fsp3) is 0.241. The molecule has 6 rings (SSSR count). The summed E-state index contributed by atoms with van der Waals surface area (Å²) in [5.41, 5.74) is 3.13. The molecule has 36 heavy (non-hydrogen) atoms. The Hall–Kier alpha value is -4.13. The predicted octanol–water partition coefficient (Wildman–Crippen LogP) is 5.09. The van der Waals surface area contributed by atoms with Crippen LogP contribution in [0.15, 0.2) is 66.9 Å². The second kappa shape index (κ2) is 8.82. The van der Waals surface area contributed by atoms with Crippen LogP contribution in [-0.2, 0) is 4.79 Å². The molecule has 4 aromatic rings. The number of hydrogen-bond acceptors (Lipinski definition) is 3. The number of hydrogen-bond donors (Lipinski definition) is 2. The fourth-order valence-corrected chi connectivity index (χ4v) is 5.54. The van der Waals surface area contributed by atoms with E-state index >= 15 is 0 Å². The van der Waals surface area contributed by atoms with E-state index < -0.39 is 6.04 Å². The lowest BCUT2D eigenvalue weighted by atomic mass is 9.98. The van der Waals surface area contributed by atoms with Crippen LogP contribution in [0.5, 0.6) is 5.75 Å². The normalized spacial score (nSPS) is 18.1. The molecule has 7 heteroatoms. The van der Waals surface area contributed by atoms with Crippen LogP contribution in [0.4, 0.5) is 4.39 Å². The number of carbonyl (C=O) groups is 2. The van der Waals surface area contributed by atoms with Crippen molar-refractivity contribution in [1.29, 1.82) is 0 Å². The van der Waals surface area contributed by atoms with Gasteiger partial charge in [-0.3, -0.25) is 9.59 Å². The molecular formula is C29H26FN3O3. The number of aromatic nitrogens is 1. The smallest absolute Gasteiger partial charge is 0.258 e. The molecule has 1 aromatic heterocycles. The number of benzene rings is 3. The maximum atomic E-state index is 13.5. The summed E-state index contributed by atoms with van der Waals surface area (Å²) >= 11 is 0. The van der Waals surface area contributed by atoms with Crippen LogP contribution in [0.3, 0.4) is 0 Å². The van der Waals surface area contributed by atoms with E-state index in [1.54, 1.807) is 28.0 Å². The highest BCUT2D eigenvalue weighted by atomic mass is 19.1. The Morgan fingerprint density at radius 3 is 2.72 bits per heavy atom. The molecule has 1 atom stereocenters. The van der Waals surface area contributed by atoms with Crippen molar-refractivity contribution in [3.63, 3.8) is 0 Å². The van der Waals surface area contributed by atoms with Gasteiger partial charge in [0.25, 0.3) is 5.91 Å². The SMILES string of the molecule is O=C(C1CCCN1C(=O)c1ccc2ccccc2c1O)N1CC=C(c2c[nH]c3cc(F)ccc23)CC1. The van der Waals surface area contributed by atoms with Crippen molar-refractivity contribution in [2.24, 2.45) is 0 Å². The number of likely N-dealkylation sites (tertiary alicyclic amines) is 1. The molecule has 182 valence electrons. The molecule has 1 unspecified atom stereocenters. The van der Waals surface area contributed by atoms with E-state index in [0.29, 0.717) is 37.9 Å². The summed E-state index contributed by atoms with van der Waals surface area (Å²) in [6.45, 7) is 1.50. The van der Waals surface area contributed by atoms with E-state index in [2.05, 4.69) is 4.98 Å². The van der Waals surface area contributed by atoms with Crippen molar-refractivity contribution in [2.45, 2.75) is 25.3 Å². The van der Waals surface area contributed by atoms with Gasteiger partial charge in [0.05, 0.1) is 5.56 Å². The van der Waals surface area contributed by atoms with Gasteiger partial charge in [-0.2, -0.15) is 0 Å². The van der Waals surface area contributed by atoms with E-state index in [1.807, 2.05) is 36.5 Å². The molecule has 6 nitrogen and oxygen atoms in total. The number of fused-ring (bicyclic) bond motifs is 2. The predicted molar refractivity (Wildman–Crippen MR) is 137 cm³/mol. The summed E-state index contributed by atoms with van der Waals surface area (Å²) in [5, 5.41) is 13.2. The largest absolute Gasteiger partial charge is 0.506 e. The summed E-state index contributed by atoms with van der Waals surface area (Å²) in [7, 11) is 0. The van der Waals surface area contributed by atoms with Crippen LogP contribution in [0.25, 0.3) is 27.2 Å². The second-order valence-corrected chi connectivity index (χ2v) is 9.50. The highest BCUT2D eigenvalue weighted by Crippen LogP contribution is 2.33. The molecule has 0 aliphatic carbocycles. The Morgan fingerprint density at radius 1 is 1.03 bits per heavy atom. The molecule has 0 saturated carbocycles. The lowest BCUT2D eigenvalue weighted by Gasteiger charge is -2.32. The maximum absolute atomic E-state index is 13.5. The standard InChI is InChI=1S/C29H26FN3O3/c30-20-8-10-22-24(17-31-25(22)16-20)19-11-14-32(15-12-19)29(36)26-6-3-13-33(26)28(35)23-9-7-18-4-1-2-5-21(18)27(23)34/h1-2,4-5,7-11,16-17,26,31,34H,3,6,12-15H2. The van der Waals surface area contributed by atoms with Crippen molar-refractivity contribution in [2.75, 3.05) is 19.6 Å². The van der Waals surface area contributed by atoms with Crippen molar-refractivity contribution in [3.05, 3.63) is 83.8 Å². The monoisotopic (exact) mass is 483 g/mol. The van der Waals surface area contributed by atoms with Crippen LogP contribution < -0.4 is 0 Å². The molecule has 0 bridgehead atoms. The minimum atomic E-state index is -0.533. The lowest BCUT2D eigenvalue weighted by molar-refractivity contribution is -0.134. The first-order valence-electron chi connectivity index (χ1n) is 12.3. The van der Waals surface area contributed by atoms with Gasteiger partial charge < -0.3 is 19.9 Å². The highest BCUT2D eigenvalue weighted by molar-refractivity contribution is 6.05. The van der Waals surface area contributed by atoms with Gasteiger partial charge >= 0.3 is 0 Å². The zero-order valence-electron chi connectivity index (χ0n) is 19.7. The quantitative estimate of drug-likeness (QED) is 0.426. The molecule has 2 amide bonds. The summed E-state index contributed by atoms with van der Waals surface area (Å²) in [6.07, 6.45) is 5.98. The third-order valence-corrected chi connectivity index (χ3v) is 7.44. The van der Waals surface area contributed by atoms with E-state index in [-0.39, 0.29) is 28.9 Å². The molecule has 1 fully saturated rings. The van der Waals surface area contributed by atoms with Crippen LogP contribution in [0.2, 0.25) is 0 Å². The highest BCUT2D eigenvalue weighted by Gasteiger charge is 2.38. The Bertz CT molecular complexity index is 1540. The number of aromatic hydroxyl groups is 1. The second-order valence-electron chi connectivity index (χ2n) is 9.50. The van der Waals surface area contributed by atoms with Gasteiger partial charge in [-0.1, -0.05) is 36.4 Å². The number of nitrogens with one attached hydrogen (secondary N) is 1. The van der Waals surface area contributed by atoms with Gasteiger partial charge in [0, 0.05) is 47.7 Å². The molecule has 1 saturated heterocycles. The summed E-state index contributed by atoms with van der Waals surface area (Å²) in [4.78, 5) is 33.4. The van der Waals surface area contributed by atoms with Crippen molar-refractivity contribution < 1.29 is 19.1 Å². The topological polar surface area (TPSA) is 76.6 Å². The van der Waals surface area contributed by atoms with Gasteiger partial charge in [-0.15, -0.1) is 0 Å². The van der Waals surface area contributed by atoms with E-state index in [1.165, 1.54) is 12.1 Å². The third kappa shape index (κ3) is 3.71. The van der Waals surface area contributed by atoms with Gasteiger partial charge in [-0.05, 0) is 54.5 Å². The Kier molecular flexibility index (Phi) is 5.48. The number of halogens is 1. The van der Waals surface area contributed by atoms with Gasteiger partial charge in [0.1, 0.15) is 17.6 Å². The van der Waals surface area contributed by atoms with Crippen LogP contribution in [-0.4, -0.2) is 57.4 Å². The van der Waals surface area contributed by atoms with Crippen LogP contribution in [0.1, 0.15) is 35.2 Å². The third-order valence-electron chi connectivity index (χ3n) is 7.44. The first-order valence-corrected chi connectivity index (χ1v) is 12.3. The molecule has 2 aliphatic heterocycles. The van der Waals surface area contributed by atoms with Crippen molar-refractivity contribution in [3.8, 4) is 5.75 Å². The summed E-state index contributed by atoms with van der Waals surface area (Å²) in [6, 6.07) is 15.0. The van der Waals surface area contributed by atoms with E-state index in [4.69, 9.17) is 0 Å². The number of phenols is 1. The summed E-state index contributed by atoms with van der Waals surface area (Å²) in [5.74, 6) is -0.691. The molecule has 3 heterocycles. The Labute approximate surface area is 207 Å². The maximum Gasteiger partial charge on any atom is 0.258 e. The van der Waals surface area contributed by atoms with Gasteiger partial charge in [-0.25, -0.2) is 4.39 Å². The summed E-state index contributed by atoms with van der Waals surface area (Å²) < 4.78 is 13.5. The lowest BCUT2D eigenvalue weighted by Crippen LogP contribution is -2.48. The average molecular weight is 484 g/mol. The number of phenolic OH excluding ortho intramolecular Hbond substituents is 1. The number of aromatic amines is 1. The molecule has 2 aliphatic rings. The number of H-pyrrole nitrogens is 1. The molecule has 0 spiro atoms. The first kappa shape index (κ1) is 22.3. The number of carbonyl (C=O) groups excluding carboxylic acids is 2. The van der Waals surface area contributed by atoms with Crippen LogP contribution in [0, 0.1) is 5.82 Å². The fourth-order valence-electron chi connectivity index (χ4n) is 5.54. The minimum Gasteiger partial charge on any atom is -0.506 e. The minimum absolute atomic E-state index is 0.0413. The molecular weight excluding hydrogens is 457 g/mol. The molecule has 2 N–H and O–H groups in total. The van der Waals surface area contributed by atoms with Crippen molar-refractivity contribution in [1.82, 2.24) is 14.8 Å². The van der Waals surface area contributed by atoms with Gasteiger partial charge in [0.15, 0.2) is 0 Å². The Morgan fingerprint density at radius 2 is 1.89 bits per heavy atom. The number of rotatable bonds is 3. The van der Waals surface area contributed by atoms with Gasteiger partial charge in [0.2, 0.25) is 5.91 Å². The average Bonchev–Trinajstić information content (AvgIpc) is 3.56. The zero-order chi connectivity index (χ0) is 24.8. The molecule has 0 radical (unpaired) electrons. The Balaban J connectivity index is 1.20. The van der Waals surface area contributed by atoms with E-state index in [0.717, 1.165) is 33.8 Å². The van der Waals surface area contributed by atoms with E-state index in [9.17, 15) is 19.1 Å². The first-order chi connectivity index (χ1) is 17.5. The number of amides is 2. The molecule has 3 aromatic carbocycles. The number of nitrogens with zero attached hydrogens (tertiary/aromatic N) is 2. The zero-order valence-corrected chi connectivity index (χ0v) is 19.7.